The quantitative estimate of drug-likeness (QED) is 0.830. The summed E-state index contributed by atoms with van der Waals surface area (Å²) < 4.78 is 13.0. The Hall–Kier alpha value is -3.02. The molecular weight excluding hydrogens is 359 g/mol. The molecule has 6 heteroatoms. The molecule has 3 amide bonds. The molecule has 2 saturated carbocycles. The van der Waals surface area contributed by atoms with E-state index >= 15 is 0 Å². The molecule has 1 saturated heterocycles. The molecule has 0 radical (unpaired) electrons. The van der Waals surface area contributed by atoms with E-state index in [9.17, 15) is 18.8 Å². The van der Waals surface area contributed by atoms with Gasteiger partial charge in [-0.25, -0.2) is 4.39 Å². The van der Waals surface area contributed by atoms with Gasteiger partial charge in [-0.05, 0) is 73.6 Å². The molecule has 1 N–H and O–H groups in total. The first-order valence-corrected chi connectivity index (χ1v) is 9.58. The first-order valence-electron chi connectivity index (χ1n) is 9.58. The maximum atomic E-state index is 13.0. The number of halogens is 1. The zero-order valence-corrected chi connectivity index (χ0v) is 15.1. The Morgan fingerprint density at radius 2 is 1.61 bits per heavy atom. The summed E-state index contributed by atoms with van der Waals surface area (Å²) in [6, 6.07) is 12.0. The highest BCUT2D eigenvalue weighted by Crippen LogP contribution is 2.56. The van der Waals surface area contributed by atoms with Gasteiger partial charge in [0.2, 0.25) is 11.8 Å². The molecule has 4 atom stereocenters. The number of rotatable bonds is 3. The highest BCUT2D eigenvalue weighted by atomic mass is 19.1. The Bertz CT molecular complexity index is 960. The first kappa shape index (κ1) is 17.1. The van der Waals surface area contributed by atoms with E-state index < -0.39 is 0 Å². The fourth-order valence-corrected chi connectivity index (χ4v) is 5.19. The number of hydrogen-bond donors (Lipinski definition) is 1. The van der Waals surface area contributed by atoms with Gasteiger partial charge in [-0.2, -0.15) is 0 Å². The second-order valence-corrected chi connectivity index (χ2v) is 7.91. The standard InChI is InChI=1S/C22H19FN2O3/c23-15-6-8-16(9-7-15)24-20(26)14-2-1-3-17(11-14)25-21(27)18-12-4-5-13(10-12)19(18)22(25)28/h1-3,6-9,11-13,18-19H,4-5,10H2,(H,24,26)/t12-,13-,18+,19+/m1/s1. The fourth-order valence-electron chi connectivity index (χ4n) is 5.19. The number of hydrogen-bond acceptors (Lipinski definition) is 3. The molecule has 1 heterocycles. The largest absolute Gasteiger partial charge is 0.322 e. The number of benzene rings is 2. The van der Waals surface area contributed by atoms with Gasteiger partial charge in [0.1, 0.15) is 5.82 Å². The summed E-state index contributed by atoms with van der Waals surface area (Å²) in [5.41, 5.74) is 1.24. The van der Waals surface area contributed by atoms with E-state index in [4.69, 9.17) is 0 Å². The number of anilines is 2. The van der Waals surface area contributed by atoms with Gasteiger partial charge in [0, 0.05) is 11.3 Å². The molecule has 2 aliphatic carbocycles. The molecule has 28 heavy (non-hydrogen) atoms. The third kappa shape index (κ3) is 2.55. The molecule has 142 valence electrons. The van der Waals surface area contributed by atoms with Crippen molar-refractivity contribution < 1.29 is 18.8 Å². The number of nitrogens with zero attached hydrogens (tertiary/aromatic N) is 1. The topological polar surface area (TPSA) is 66.5 Å². The lowest BCUT2D eigenvalue weighted by atomic mass is 9.81. The van der Waals surface area contributed by atoms with Crippen molar-refractivity contribution in [1.82, 2.24) is 0 Å². The second kappa shape index (κ2) is 6.26. The summed E-state index contributed by atoms with van der Waals surface area (Å²) in [5, 5.41) is 2.70. The summed E-state index contributed by atoms with van der Waals surface area (Å²) in [4.78, 5) is 39.7. The molecular formula is C22H19FN2O3. The van der Waals surface area contributed by atoms with Crippen LogP contribution in [-0.2, 0) is 9.59 Å². The van der Waals surface area contributed by atoms with Crippen LogP contribution < -0.4 is 10.2 Å². The van der Waals surface area contributed by atoms with E-state index in [1.807, 2.05) is 0 Å². The monoisotopic (exact) mass is 378 g/mol. The van der Waals surface area contributed by atoms with Crippen LogP contribution in [0.25, 0.3) is 0 Å². The van der Waals surface area contributed by atoms with Gasteiger partial charge in [0.15, 0.2) is 0 Å². The lowest BCUT2D eigenvalue weighted by Crippen LogP contribution is -2.33. The fraction of sp³-hybridized carbons (Fsp3) is 0.318. The summed E-state index contributed by atoms with van der Waals surface area (Å²) in [7, 11) is 0. The third-order valence-corrected chi connectivity index (χ3v) is 6.40. The maximum absolute atomic E-state index is 13.0. The van der Waals surface area contributed by atoms with Gasteiger partial charge in [-0.3, -0.25) is 19.3 Å². The van der Waals surface area contributed by atoms with Gasteiger partial charge in [-0.15, -0.1) is 0 Å². The molecule has 0 unspecified atom stereocenters. The van der Waals surface area contributed by atoms with E-state index in [1.165, 1.54) is 29.2 Å². The predicted octanol–water partition coefficient (Wildman–Crippen LogP) is 3.61. The Balaban J connectivity index is 1.40. The van der Waals surface area contributed by atoms with Crippen LogP contribution in [0.5, 0.6) is 0 Å². The van der Waals surface area contributed by atoms with Crippen molar-refractivity contribution in [2.75, 3.05) is 10.2 Å². The molecule has 3 aliphatic rings. The molecule has 2 aromatic rings. The van der Waals surface area contributed by atoms with E-state index in [0.29, 0.717) is 28.8 Å². The lowest BCUT2D eigenvalue weighted by Gasteiger charge is -2.19. The third-order valence-electron chi connectivity index (χ3n) is 6.40. The number of imide groups is 1. The average Bonchev–Trinajstić information content (AvgIpc) is 3.37. The predicted molar refractivity (Wildman–Crippen MR) is 101 cm³/mol. The summed E-state index contributed by atoms with van der Waals surface area (Å²) >= 11 is 0. The van der Waals surface area contributed by atoms with Gasteiger partial charge < -0.3 is 5.32 Å². The second-order valence-electron chi connectivity index (χ2n) is 7.91. The van der Waals surface area contributed by atoms with Crippen molar-refractivity contribution in [3.8, 4) is 0 Å². The van der Waals surface area contributed by atoms with E-state index in [-0.39, 0.29) is 35.4 Å². The van der Waals surface area contributed by atoms with Gasteiger partial charge >= 0.3 is 0 Å². The van der Waals surface area contributed by atoms with Crippen LogP contribution in [0.15, 0.2) is 48.5 Å². The van der Waals surface area contributed by atoms with Crippen LogP contribution in [0.2, 0.25) is 0 Å². The number of nitrogens with one attached hydrogen (secondary N) is 1. The Kier molecular flexibility index (Phi) is 3.82. The molecule has 0 spiro atoms. The van der Waals surface area contributed by atoms with Crippen molar-refractivity contribution in [3.63, 3.8) is 0 Å². The van der Waals surface area contributed by atoms with Crippen molar-refractivity contribution in [3.05, 3.63) is 59.9 Å². The van der Waals surface area contributed by atoms with Gasteiger partial charge in [0.25, 0.3) is 5.91 Å². The summed E-state index contributed by atoms with van der Waals surface area (Å²) in [5.74, 6) is -0.760. The minimum Gasteiger partial charge on any atom is -0.322 e. The Labute approximate surface area is 161 Å². The molecule has 5 nitrogen and oxygen atoms in total. The minimum atomic E-state index is -0.384. The molecule has 2 aromatic carbocycles. The van der Waals surface area contributed by atoms with Crippen LogP contribution in [-0.4, -0.2) is 17.7 Å². The summed E-state index contributed by atoms with van der Waals surface area (Å²) in [6.45, 7) is 0. The number of fused-ring (bicyclic) bond motifs is 5. The van der Waals surface area contributed by atoms with Crippen molar-refractivity contribution in [1.29, 1.82) is 0 Å². The molecule has 5 rings (SSSR count). The first-order chi connectivity index (χ1) is 13.5. The highest BCUT2D eigenvalue weighted by Gasteiger charge is 2.61. The number of carbonyl (C=O) groups is 3. The molecule has 0 aromatic heterocycles. The lowest BCUT2D eigenvalue weighted by molar-refractivity contribution is -0.123. The van der Waals surface area contributed by atoms with Crippen LogP contribution in [0, 0.1) is 29.5 Å². The van der Waals surface area contributed by atoms with Gasteiger partial charge in [0.05, 0.1) is 17.5 Å². The zero-order chi connectivity index (χ0) is 19.4. The normalized spacial score (nSPS) is 28.0. The number of amides is 3. The van der Waals surface area contributed by atoms with Crippen LogP contribution in [0.3, 0.4) is 0 Å². The van der Waals surface area contributed by atoms with Crippen LogP contribution >= 0.6 is 0 Å². The van der Waals surface area contributed by atoms with Crippen LogP contribution in [0.1, 0.15) is 29.6 Å². The zero-order valence-electron chi connectivity index (χ0n) is 15.1. The van der Waals surface area contributed by atoms with Crippen molar-refractivity contribution in [2.24, 2.45) is 23.7 Å². The summed E-state index contributed by atoms with van der Waals surface area (Å²) in [6.07, 6.45) is 3.04. The maximum Gasteiger partial charge on any atom is 0.255 e. The minimum absolute atomic E-state index is 0.127. The van der Waals surface area contributed by atoms with Crippen molar-refractivity contribution in [2.45, 2.75) is 19.3 Å². The van der Waals surface area contributed by atoms with Crippen molar-refractivity contribution >= 4 is 29.1 Å². The van der Waals surface area contributed by atoms with E-state index in [1.54, 1.807) is 24.3 Å². The Morgan fingerprint density at radius 1 is 0.964 bits per heavy atom. The number of carbonyl (C=O) groups excluding carboxylic acids is 3. The average molecular weight is 378 g/mol. The molecule has 1 aliphatic heterocycles. The highest BCUT2D eigenvalue weighted by molar-refractivity contribution is 6.23. The molecule has 3 fully saturated rings. The van der Waals surface area contributed by atoms with E-state index in [0.717, 1.165) is 19.3 Å². The SMILES string of the molecule is O=C(Nc1ccc(F)cc1)c1cccc(N2C(=O)[C@H]3[C@@H]4CC[C@H](C4)[C@@H]3C2=O)c1. The van der Waals surface area contributed by atoms with Gasteiger partial charge in [-0.1, -0.05) is 6.07 Å². The Morgan fingerprint density at radius 3 is 2.25 bits per heavy atom. The molecule has 2 bridgehead atoms. The van der Waals surface area contributed by atoms with Crippen LogP contribution in [0.4, 0.5) is 15.8 Å². The van der Waals surface area contributed by atoms with E-state index in [2.05, 4.69) is 5.32 Å². The smallest absolute Gasteiger partial charge is 0.255 e.